The Morgan fingerprint density at radius 2 is 1.71 bits per heavy atom. The van der Waals surface area contributed by atoms with Gasteiger partial charge < -0.3 is 20.4 Å². The maximum Gasteiger partial charge on any atom is 0.244 e. The highest BCUT2D eigenvalue weighted by atomic mass is 15.3. The SMILES string of the molecule is CN1CCN(c2ccc(Nc3cnnc(NCc4ccncc4)n3)cc2)CC1. The summed E-state index contributed by atoms with van der Waals surface area (Å²) < 4.78 is 0. The smallest absolute Gasteiger partial charge is 0.244 e. The Kier molecular flexibility index (Phi) is 5.58. The highest BCUT2D eigenvalue weighted by Crippen LogP contribution is 2.21. The summed E-state index contributed by atoms with van der Waals surface area (Å²) in [7, 11) is 2.17. The predicted octanol–water partition coefficient (Wildman–Crippen LogP) is 2.37. The molecule has 0 saturated carbocycles. The van der Waals surface area contributed by atoms with Crippen molar-refractivity contribution in [3.05, 3.63) is 60.6 Å². The van der Waals surface area contributed by atoms with Crippen molar-refractivity contribution < 1.29 is 0 Å². The first kappa shape index (κ1) is 18.1. The maximum atomic E-state index is 4.48. The molecule has 1 fully saturated rings. The van der Waals surface area contributed by atoms with E-state index in [9.17, 15) is 0 Å². The molecule has 28 heavy (non-hydrogen) atoms. The molecule has 0 radical (unpaired) electrons. The van der Waals surface area contributed by atoms with Gasteiger partial charge in [-0.1, -0.05) is 0 Å². The molecule has 1 aromatic carbocycles. The lowest BCUT2D eigenvalue weighted by Gasteiger charge is -2.34. The molecule has 3 aromatic rings. The van der Waals surface area contributed by atoms with Crippen molar-refractivity contribution in [3.8, 4) is 0 Å². The maximum absolute atomic E-state index is 4.48. The first-order chi connectivity index (χ1) is 13.8. The van der Waals surface area contributed by atoms with Crippen LogP contribution >= 0.6 is 0 Å². The lowest BCUT2D eigenvalue weighted by molar-refractivity contribution is 0.313. The Balaban J connectivity index is 1.36. The molecular formula is C20H24N8. The fourth-order valence-corrected chi connectivity index (χ4v) is 3.09. The summed E-state index contributed by atoms with van der Waals surface area (Å²) in [6.07, 6.45) is 5.14. The molecule has 0 aliphatic carbocycles. The van der Waals surface area contributed by atoms with Crippen LogP contribution in [0.4, 0.5) is 23.1 Å². The number of likely N-dealkylation sites (N-methyl/N-ethyl adjacent to an activating group) is 1. The van der Waals surface area contributed by atoms with Crippen molar-refractivity contribution in [1.29, 1.82) is 0 Å². The Hall–Kier alpha value is -3.26. The van der Waals surface area contributed by atoms with Gasteiger partial charge in [-0.2, -0.15) is 10.1 Å². The Bertz CT molecular complexity index is 876. The Morgan fingerprint density at radius 3 is 2.46 bits per heavy atom. The first-order valence-corrected chi connectivity index (χ1v) is 9.39. The van der Waals surface area contributed by atoms with Crippen LogP contribution in [0.3, 0.4) is 0 Å². The van der Waals surface area contributed by atoms with Gasteiger partial charge in [0.25, 0.3) is 0 Å². The molecule has 0 unspecified atom stereocenters. The number of benzene rings is 1. The van der Waals surface area contributed by atoms with E-state index in [0.717, 1.165) is 37.4 Å². The summed E-state index contributed by atoms with van der Waals surface area (Å²) in [5, 5.41) is 14.5. The number of rotatable bonds is 6. The van der Waals surface area contributed by atoms with Crippen LogP contribution < -0.4 is 15.5 Å². The van der Waals surface area contributed by atoms with Gasteiger partial charge >= 0.3 is 0 Å². The predicted molar refractivity (Wildman–Crippen MR) is 111 cm³/mol. The van der Waals surface area contributed by atoms with Crippen LogP contribution in [0.15, 0.2) is 55.0 Å². The van der Waals surface area contributed by atoms with Gasteiger partial charge in [-0.3, -0.25) is 4.98 Å². The minimum absolute atomic E-state index is 0.482. The van der Waals surface area contributed by atoms with Crippen LogP contribution in [0.25, 0.3) is 0 Å². The van der Waals surface area contributed by atoms with Crippen LogP contribution in [0, 0.1) is 0 Å². The minimum atomic E-state index is 0.482. The third-order valence-corrected chi connectivity index (χ3v) is 4.77. The van der Waals surface area contributed by atoms with Crippen molar-refractivity contribution >= 4 is 23.1 Å². The Morgan fingerprint density at radius 1 is 0.964 bits per heavy atom. The average Bonchev–Trinajstić information content (AvgIpc) is 2.75. The summed E-state index contributed by atoms with van der Waals surface area (Å²) in [6.45, 7) is 4.94. The third kappa shape index (κ3) is 4.72. The first-order valence-electron chi connectivity index (χ1n) is 9.39. The fourth-order valence-electron chi connectivity index (χ4n) is 3.09. The summed E-state index contributed by atoms with van der Waals surface area (Å²) in [4.78, 5) is 13.3. The molecule has 0 spiro atoms. The second-order valence-electron chi connectivity index (χ2n) is 6.84. The van der Waals surface area contributed by atoms with Crippen LogP contribution in [0.1, 0.15) is 5.56 Å². The van der Waals surface area contributed by atoms with E-state index in [2.05, 4.69) is 71.9 Å². The van der Waals surface area contributed by atoms with Crippen molar-refractivity contribution in [1.82, 2.24) is 25.1 Å². The third-order valence-electron chi connectivity index (χ3n) is 4.77. The fraction of sp³-hybridized carbons (Fsp3) is 0.300. The van der Waals surface area contributed by atoms with Gasteiger partial charge in [-0.25, -0.2) is 0 Å². The minimum Gasteiger partial charge on any atom is -0.369 e. The molecular weight excluding hydrogens is 352 g/mol. The normalized spacial score (nSPS) is 14.7. The van der Waals surface area contributed by atoms with Gasteiger partial charge in [-0.05, 0) is 49.0 Å². The summed E-state index contributed by atoms with van der Waals surface area (Å²) in [5.41, 5.74) is 3.33. The summed E-state index contributed by atoms with van der Waals surface area (Å²) in [5.74, 6) is 1.13. The van der Waals surface area contributed by atoms with Crippen molar-refractivity contribution in [2.45, 2.75) is 6.54 Å². The molecule has 1 aliphatic heterocycles. The highest BCUT2D eigenvalue weighted by Gasteiger charge is 2.14. The lowest BCUT2D eigenvalue weighted by atomic mass is 10.2. The number of aromatic nitrogens is 4. The largest absolute Gasteiger partial charge is 0.369 e. The van der Waals surface area contributed by atoms with Crippen LogP contribution in [-0.2, 0) is 6.54 Å². The van der Waals surface area contributed by atoms with E-state index >= 15 is 0 Å². The molecule has 144 valence electrons. The summed E-state index contributed by atoms with van der Waals surface area (Å²) >= 11 is 0. The zero-order valence-electron chi connectivity index (χ0n) is 15.9. The van der Waals surface area contributed by atoms with Gasteiger partial charge in [0.15, 0.2) is 5.82 Å². The number of hydrogen-bond acceptors (Lipinski definition) is 8. The number of pyridine rings is 1. The van der Waals surface area contributed by atoms with Gasteiger partial charge in [0.05, 0.1) is 6.20 Å². The van der Waals surface area contributed by atoms with Crippen LogP contribution in [0.2, 0.25) is 0 Å². The molecule has 8 nitrogen and oxygen atoms in total. The van der Waals surface area contributed by atoms with E-state index < -0.39 is 0 Å². The molecule has 0 atom stereocenters. The quantitative estimate of drug-likeness (QED) is 0.679. The van der Waals surface area contributed by atoms with E-state index in [0.29, 0.717) is 18.3 Å². The molecule has 1 aliphatic rings. The van der Waals surface area contributed by atoms with E-state index in [1.807, 2.05) is 12.1 Å². The molecule has 2 N–H and O–H groups in total. The van der Waals surface area contributed by atoms with Gasteiger partial charge in [-0.15, -0.1) is 5.10 Å². The van der Waals surface area contributed by atoms with E-state index in [-0.39, 0.29) is 0 Å². The number of nitrogens with zero attached hydrogens (tertiary/aromatic N) is 6. The summed E-state index contributed by atoms with van der Waals surface area (Å²) in [6, 6.07) is 12.3. The van der Waals surface area contributed by atoms with Crippen LogP contribution in [0.5, 0.6) is 0 Å². The second-order valence-corrected chi connectivity index (χ2v) is 6.84. The number of nitrogens with one attached hydrogen (secondary N) is 2. The zero-order chi connectivity index (χ0) is 19.2. The van der Waals surface area contributed by atoms with Crippen molar-refractivity contribution in [2.24, 2.45) is 0 Å². The zero-order valence-corrected chi connectivity index (χ0v) is 15.9. The molecule has 4 rings (SSSR count). The van der Waals surface area contributed by atoms with Gasteiger partial charge in [0.1, 0.15) is 0 Å². The van der Waals surface area contributed by atoms with Crippen molar-refractivity contribution in [3.63, 3.8) is 0 Å². The topological polar surface area (TPSA) is 82.1 Å². The molecule has 2 aromatic heterocycles. The number of hydrogen-bond donors (Lipinski definition) is 2. The van der Waals surface area contributed by atoms with E-state index in [4.69, 9.17) is 0 Å². The molecule has 1 saturated heterocycles. The molecule has 3 heterocycles. The van der Waals surface area contributed by atoms with Crippen molar-refractivity contribution in [2.75, 3.05) is 48.8 Å². The Labute approximate surface area is 164 Å². The second kappa shape index (κ2) is 8.62. The van der Waals surface area contributed by atoms with E-state index in [1.54, 1.807) is 18.6 Å². The van der Waals surface area contributed by atoms with Gasteiger partial charge in [0.2, 0.25) is 5.95 Å². The van der Waals surface area contributed by atoms with E-state index in [1.165, 1.54) is 5.69 Å². The number of piperazine rings is 1. The number of anilines is 4. The van der Waals surface area contributed by atoms with Gasteiger partial charge in [0, 0.05) is 56.5 Å². The highest BCUT2D eigenvalue weighted by molar-refractivity contribution is 5.61. The lowest BCUT2D eigenvalue weighted by Crippen LogP contribution is -2.44. The average molecular weight is 376 g/mol. The standard InChI is InChI=1S/C20H24N8/c1-27-10-12-28(13-11-27)18-4-2-17(3-5-18)24-19-15-23-26-20(25-19)22-14-16-6-8-21-9-7-16/h2-9,15H,10-14H2,1H3,(H2,22,24,25,26). The molecule has 0 bridgehead atoms. The monoisotopic (exact) mass is 376 g/mol. The van der Waals surface area contributed by atoms with Crippen LogP contribution in [-0.4, -0.2) is 58.3 Å². The molecule has 0 amide bonds. The molecule has 8 heteroatoms.